The topological polar surface area (TPSA) is 125 Å². The third-order valence-electron chi connectivity index (χ3n) is 3.03. The molecular formula is C17H23N3O6. The van der Waals surface area contributed by atoms with Crippen molar-refractivity contribution < 1.29 is 28.8 Å². The van der Waals surface area contributed by atoms with Crippen LogP contribution in [0.4, 0.5) is 0 Å². The molecule has 1 rings (SSSR count). The highest BCUT2D eigenvalue weighted by molar-refractivity contribution is 6.18. The predicted octanol–water partition coefficient (Wildman–Crippen LogP) is 1.76. The number of amidine groups is 1. The molecule has 0 amide bonds. The number of carbonyl (C=O) groups excluding carboxylic acids is 1. The van der Waals surface area contributed by atoms with Crippen LogP contribution in [0.2, 0.25) is 0 Å². The van der Waals surface area contributed by atoms with Crippen LogP contribution < -0.4 is 15.2 Å². The van der Waals surface area contributed by atoms with Crippen LogP contribution in [-0.2, 0) is 14.3 Å². The Balaban J connectivity index is 3.12. The van der Waals surface area contributed by atoms with Gasteiger partial charge in [0.15, 0.2) is 11.4 Å². The van der Waals surface area contributed by atoms with Gasteiger partial charge in [0.2, 0.25) is 0 Å². The van der Waals surface area contributed by atoms with Crippen molar-refractivity contribution in [2.24, 2.45) is 15.9 Å². The zero-order valence-corrected chi connectivity index (χ0v) is 15.2. The number of hydrogen-bond acceptors (Lipinski definition) is 8. The van der Waals surface area contributed by atoms with Crippen LogP contribution in [0.5, 0.6) is 11.5 Å². The number of rotatable bonds is 9. The molecule has 0 spiro atoms. The number of methoxy groups -OCH3 is 2. The number of ether oxygens (including phenoxy) is 4. The van der Waals surface area contributed by atoms with E-state index < -0.39 is 17.5 Å². The van der Waals surface area contributed by atoms with E-state index >= 15 is 0 Å². The highest BCUT2D eigenvalue weighted by Gasteiger charge is 2.22. The van der Waals surface area contributed by atoms with Crippen LogP contribution in [0.25, 0.3) is 0 Å². The van der Waals surface area contributed by atoms with Crippen LogP contribution in [-0.4, -0.2) is 50.6 Å². The number of aliphatic hydroxyl groups excluding tert-OH is 1. The maximum Gasteiger partial charge on any atom is 0.349 e. The van der Waals surface area contributed by atoms with E-state index in [1.807, 2.05) is 0 Å². The van der Waals surface area contributed by atoms with E-state index in [2.05, 4.69) is 10.2 Å². The first-order chi connectivity index (χ1) is 12.5. The quantitative estimate of drug-likeness (QED) is 0.171. The van der Waals surface area contributed by atoms with E-state index in [-0.39, 0.29) is 19.0 Å². The molecule has 0 aliphatic rings. The minimum Gasteiger partial charge on any atom is -0.497 e. The number of nitrogens with zero attached hydrogens (tertiary/aromatic N) is 2. The molecule has 1 aromatic carbocycles. The lowest BCUT2D eigenvalue weighted by molar-refractivity contribution is -0.138. The third kappa shape index (κ3) is 5.69. The Bertz CT molecular complexity index is 712. The van der Waals surface area contributed by atoms with Crippen molar-refractivity contribution in [1.29, 1.82) is 0 Å². The standard InChI is InChI=1S/C17H23N3O6/c1-5-25-16(21)14(17(22)26-6-2)15(18)20-19-10-11-7-8-12(23-3)9-13(11)24-4/h7-10,21H,5-6H2,1-4H3,(H2,18,20)/b16-14-,19-10+. The van der Waals surface area contributed by atoms with Crippen molar-refractivity contribution in [1.82, 2.24) is 0 Å². The minimum absolute atomic E-state index is 0.0985. The van der Waals surface area contributed by atoms with E-state index in [0.29, 0.717) is 17.1 Å². The molecular weight excluding hydrogens is 342 g/mol. The van der Waals surface area contributed by atoms with Gasteiger partial charge in [0.05, 0.1) is 33.6 Å². The van der Waals surface area contributed by atoms with Crippen molar-refractivity contribution in [2.45, 2.75) is 13.8 Å². The van der Waals surface area contributed by atoms with Gasteiger partial charge in [0.25, 0.3) is 5.95 Å². The van der Waals surface area contributed by atoms with Crippen molar-refractivity contribution in [3.8, 4) is 11.5 Å². The SMILES string of the molecule is CCOC(=O)C(/C(N)=N/N=C/c1ccc(OC)cc1OC)=C(/O)OCC. The van der Waals surface area contributed by atoms with Gasteiger partial charge in [-0.1, -0.05) is 0 Å². The van der Waals surface area contributed by atoms with Crippen LogP contribution in [0.15, 0.2) is 39.9 Å². The van der Waals surface area contributed by atoms with Crippen LogP contribution in [0.1, 0.15) is 19.4 Å². The first-order valence-electron chi connectivity index (χ1n) is 7.80. The molecule has 9 nitrogen and oxygen atoms in total. The highest BCUT2D eigenvalue weighted by Crippen LogP contribution is 2.23. The van der Waals surface area contributed by atoms with Gasteiger partial charge in [-0.25, -0.2) is 4.79 Å². The molecule has 0 radical (unpaired) electrons. The summed E-state index contributed by atoms with van der Waals surface area (Å²) in [6.07, 6.45) is 1.38. The first-order valence-corrected chi connectivity index (χ1v) is 7.80. The van der Waals surface area contributed by atoms with Gasteiger partial charge in [-0.3, -0.25) is 0 Å². The fourth-order valence-electron chi connectivity index (χ4n) is 1.84. The Labute approximate surface area is 151 Å². The van der Waals surface area contributed by atoms with Gasteiger partial charge in [-0.05, 0) is 26.0 Å². The van der Waals surface area contributed by atoms with Gasteiger partial charge in [-0.2, -0.15) is 5.10 Å². The number of hydrogen-bond donors (Lipinski definition) is 2. The molecule has 9 heteroatoms. The molecule has 0 aromatic heterocycles. The zero-order chi connectivity index (χ0) is 19.5. The van der Waals surface area contributed by atoms with E-state index in [1.54, 1.807) is 39.2 Å². The number of carbonyl (C=O) groups is 1. The van der Waals surface area contributed by atoms with Gasteiger partial charge in [0, 0.05) is 11.6 Å². The Morgan fingerprint density at radius 2 is 1.88 bits per heavy atom. The Morgan fingerprint density at radius 1 is 1.19 bits per heavy atom. The van der Waals surface area contributed by atoms with Crippen molar-refractivity contribution in [3.05, 3.63) is 35.3 Å². The number of aliphatic hydroxyl groups is 1. The molecule has 0 aliphatic carbocycles. The molecule has 0 saturated heterocycles. The van der Waals surface area contributed by atoms with Crippen LogP contribution in [0.3, 0.4) is 0 Å². The average molecular weight is 365 g/mol. The van der Waals surface area contributed by atoms with E-state index in [1.165, 1.54) is 13.3 Å². The second-order valence-corrected chi connectivity index (χ2v) is 4.67. The van der Waals surface area contributed by atoms with Crippen LogP contribution >= 0.6 is 0 Å². The fourth-order valence-corrected chi connectivity index (χ4v) is 1.84. The molecule has 1 aromatic rings. The largest absolute Gasteiger partial charge is 0.497 e. The van der Waals surface area contributed by atoms with Crippen LogP contribution in [0, 0.1) is 0 Å². The summed E-state index contributed by atoms with van der Waals surface area (Å²) < 4.78 is 20.1. The normalized spacial score (nSPS) is 12.5. The third-order valence-corrected chi connectivity index (χ3v) is 3.03. The number of nitrogens with two attached hydrogens (primary N) is 1. The zero-order valence-electron chi connectivity index (χ0n) is 15.2. The lowest BCUT2D eigenvalue weighted by Crippen LogP contribution is -2.25. The maximum atomic E-state index is 11.9. The van der Waals surface area contributed by atoms with E-state index in [4.69, 9.17) is 24.7 Å². The fraction of sp³-hybridized carbons (Fsp3) is 0.353. The molecule has 0 unspecified atom stereocenters. The summed E-state index contributed by atoms with van der Waals surface area (Å²) >= 11 is 0. The Morgan fingerprint density at radius 3 is 2.46 bits per heavy atom. The highest BCUT2D eigenvalue weighted by atomic mass is 16.6. The molecule has 0 heterocycles. The lowest BCUT2D eigenvalue weighted by Gasteiger charge is -2.09. The molecule has 0 atom stereocenters. The summed E-state index contributed by atoms with van der Waals surface area (Å²) in [4.78, 5) is 11.9. The molecule has 26 heavy (non-hydrogen) atoms. The summed E-state index contributed by atoms with van der Waals surface area (Å²) in [5, 5.41) is 17.4. The number of esters is 1. The monoisotopic (exact) mass is 365 g/mol. The molecule has 0 bridgehead atoms. The minimum atomic E-state index is -0.864. The Kier molecular flexibility index (Phi) is 8.48. The van der Waals surface area contributed by atoms with E-state index in [0.717, 1.165) is 0 Å². The summed E-state index contributed by atoms with van der Waals surface area (Å²) in [5.41, 5.74) is 5.96. The molecule has 142 valence electrons. The second-order valence-electron chi connectivity index (χ2n) is 4.67. The van der Waals surface area contributed by atoms with Gasteiger partial charge >= 0.3 is 5.97 Å². The van der Waals surface area contributed by atoms with Crippen molar-refractivity contribution >= 4 is 18.0 Å². The summed E-state index contributed by atoms with van der Waals surface area (Å²) in [6.45, 7) is 3.49. The molecule has 0 fully saturated rings. The first kappa shape index (κ1) is 20.8. The molecule has 3 N–H and O–H groups in total. The average Bonchev–Trinajstić information content (AvgIpc) is 2.62. The van der Waals surface area contributed by atoms with Gasteiger partial charge < -0.3 is 29.8 Å². The lowest BCUT2D eigenvalue weighted by atomic mass is 10.2. The Hall–Kier alpha value is -3.23. The van der Waals surface area contributed by atoms with Crippen molar-refractivity contribution in [3.63, 3.8) is 0 Å². The summed E-state index contributed by atoms with van der Waals surface area (Å²) in [6, 6.07) is 5.12. The number of benzene rings is 1. The van der Waals surface area contributed by atoms with E-state index in [9.17, 15) is 9.90 Å². The summed E-state index contributed by atoms with van der Waals surface area (Å²) in [5.74, 6) is -0.754. The van der Waals surface area contributed by atoms with Gasteiger partial charge in [-0.15, -0.1) is 5.10 Å². The van der Waals surface area contributed by atoms with Crippen molar-refractivity contribution in [2.75, 3.05) is 27.4 Å². The maximum absolute atomic E-state index is 11.9. The smallest absolute Gasteiger partial charge is 0.349 e. The summed E-state index contributed by atoms with van der Waals surface area (Å²) in [7, 11) is 3.05. The predicted molar refractivity (Wildman–Crippen MR) is 96.7 cm³/mol. The second kappa shape index (κ2) is 10.6. The molecule has 0 aliphatic heterocycles. The van der Waals surface area contributed by atoms with Gasteiger partial charge in [0.1, 0.15) is 11.5 Å². The molecule has 0 saturated carbocycles.